The molecule has 1 aliphatic rings. The second-order valence-corrected chi connectivity index (χ2v) is 8.73. The predicted molar refractivity (Wildman–Crippen MR) is 123 cm³/mol. The average Bonchev–Trinajstić information content (AvgIpc) is 2.72. The number of nitrogens with zero attached hydrogens (tertiary/aromatic N) is 1. The van der Waals surface area contributed by atoms with E-state index in [1.54, 1.807) is 13.0 Å². The van der Waals surface area contributed by atoms with Crippen LogP contribution >= 0.6 is 0 Å². The molecule has 1 saturated heterocycles. The minimum atomic E-state index is -4.53. The van der Waals surface area contributed by atoms with Gasteiger partial charge in [0.2, 0.25) is 0 Å². The van der Waals surface area contributed by atoms with Crippen LogP contribution in [0.3, 0.4) is 0 Å². The Morgan fingerprint density at radius 1 is 1.31 bits per heavy atom. The van der Waals surface area contributed by atoms with Gasteiger partial charge in [0.1, 0.15) is 5.75 Å². The zero-order valence-corrected chi connectivity index (χ0v) is 19.3. The third kappa shape index (κ3) is 7.36. The Bertz CT molecular complexity index is 820. The number of rotatable bonds is 9. The van der Waals surface area contributed by atoms with Gasteiger partial charge < -0.3 is 26.8 Å². The molecule has 0 saturated carbocycles. The molecule has 0 aromatic heterocycles. The van der Waals surface area contributed by atoms with Gasteiger partial charge >= 0.3 is 6.18 Å². The van der Waals surface area contributed by atoms with Crippen molar-refractivity contribution in [2.24, 2.45) is 17.4 Å². The molecule has 0 spiro atoms. The molecule has 1 fully saturated rings. The monoisotopic (exact) mass is 454 g/mol. The van der Waals surface area contributed by atoms with Crippen LogP contribution in [0.1, 0.15) is 64.0 Å². The van der Waals surface area contributed by atoms with Gasteiger partial charge in [0.05, 0.1) is 11.4 Å². The highest BCUT2D eigenvalue weighted by molar-refractivity contribution is 5.72. The Kier molecular flexibility index (Phi) is 9.31. The SMILES string of the molecule is CCCC(CC)CN1CCCC(N/C(N)=C/C(C)=C(\N)c2ccc(C(F)(F)F)cc2O)C1. The summed E-state index contributed by atoms with van der Waals surface area (Å²) in [6, 6.07) is 2.99. The van der Waals surface area contributed by atoms with E-state index < -0.39 is 17.5 Å². The number of phenols is 1. The summed E-state index contributed by atoms with van der Waals surface area (Å²) in [4.78, 5) is 2.50. The smallest absolute Gasteiger partial charge is 0.416 e. The third-order valence-corrected chi connectivity index (χ3v) is 6.08. The second kappa shape index (κ2) is 11.5. The van der Waals surface area contributed by atoms with Crippen molar-refractivity contribution in [1.29, 1.82) is 0 Å². The molecule has 2 rings (SSSR count). The van der Waals surface area contributed by atoms with E-state index in [1.807, 2.05) is 0 Å². The van der Waals surface area contributed by atoms with Crippen LogP contribution in [0.15, 0.2) is 35.7 Å². The molecule has 0 aliphatic carbocycles. The quantitative estimate of drug-likeness (QED) is 0.403. The van der Waals surface area contributed by atoms with Gasteiger partial charge in [-0.3, -0.25) is 0 Å². The van der Waals surface area contributed by atoms with Gasteiger partial charge in [-0.25, -0.2) is 0 Å². The van der Waals surface area contributed by atoms with Crippen LogP contribution in [0.4, 0.5) is 13.2 Å². The largest absolute Gasteiger partial charge is 0.507 e. The molecule has 1 heterocycles. The van der Waals surface area contributed by atoms with Crippen molar-refractivity contribution in [1.82, 2.24) is 10.2 Å². The summed E-state index contributed by atoms with van der Waals surface area (Å²) >= 11 is 0. The van der Waals surface area contributed by atoms with E-state index in [2.05, 4.69) is 24.1 Å². The highest BCUT2D eigenvalue weighted by Gasteiger charge is 2.31. The number of benzene rings is 1. The number of hydrogen-bond donors (Lipinski definition) is 4. The lowest BCUT2D eigenvalue weighted by molar-refractivity contribution is -0.137. The molecule has 0 radical (unpaired) electrons. The molecular formula is C24H37F3N4O. The van der Waals surface area contributed by atoms with E-state index in [0.717, 1.165) is 38.5 Å². The molecule has 5 nitrogen and oxygen atoms in total. The van der Waals surface area contributed by atoms with Crippen LogP contribution in [0.25, 0.3) is 5.70 Å². The fourth-order valence-corrected chi connectivity index (χ4v) is 4.27. The summed E-state index contributed by atoms with van der Waals surface area (Å²) in [5.74, 6) is 0.648. The van der Waals surface area contributed by atoms with Crippen LogP contribution in [-0.2, 0) is 6.18 Å². The number of allylic oxidation sites excluding steroid dienone is 2. The molecule has 1 aliphatic heterocycles. The fraction of sp³-hybridized carbons (Fsp3) is 0.583. The Morgan fingerprint density at radius 3 is 2.62 bits per heavy atom. The molecule has 8 heteroatoms. The maximum Gasteiger partial charge on any atom is 0.416 e. The molecule has 2 atom stereocenters. The van der Waals surface area contributed by atoms with Gasteiger partial charge in [0, 0.05) is 30.4 Å². The highest BCUT2D eigenvalue weighted by Crippen LogP contribution is 2.34. The fourth-order valence-electron chi connectivity index (χ4n) is 4.27. The first-order valence-electron chi connectivity index (χ1n) is 11.4. The van der Waals surface area contributed by atoms with E-state index in [1.165, 1.54) is 25.3 Å². The zero-order chi connectivity index (χ0) is 23.9. The molecule has 1 aromatic rings. The number of phenolic OH excluding ortho intramolecular Hbond substituents is 1. The van der Waals surface area contributed by atoms with E-state index in [-0.39, 0.29) is 17.3 Å². The lowest BCUT2D eigenvalue weighted by Crippen LogP contribution is -2.47. The van der Waals surface area contributed by atoms with Crippen molar-refractivity contribution in [2.45, 2.75) is 65.1 Å². The minimum Gasteiger partial charge on any atom is -0.507 e. The molecule has 180 valence electrons. The van der Waals surface area contributed by atoms with Crippen LogP contribution < -0.4 is 16.8 Å². The molecule has 32 heavy (non-hydrogen) atoms. The molecule has 1 aromatic carbocycles. The summed E-state index contributed by atoms with van der Waals surface area (Å²) in [6.45, 7) is 9.30. The van der Waals surface area contributed by atoms with Crippen molar-refractivity contribution in [2.75, 3.05) is 19.6 Å². The van der Waals surface area contributed by atoms with Crippen LogP contribution in [0, 0.1) is 5.92 Å². The lowest BCUT2D eigenvalue weighted by Gasteiger charge is -2.35. The van der Waals surface area contributed by atoms with Crippen LogP contribution in [-0.4, -0.2) is 35.7 Å². The summed E-state index contributed by atoms with van der Waals surface area (Å²) < 4.78 is 38.5. The second-order valence-electron chi connectivity index (χ2n) is 8.73. The standard InChI is InChI=1S/C24H37F3N4O/c1-4-7-17(5-2)14-31-11-6-8-19(15-31)30-22(28)12-16(3)23(29)20-10-9-18(13-21(20)32)24(25,26)27/h9-10,12-13,17,19,30,32H,4-8,11,14-15,28-29H2,1-3H3/b22-12+,23-16-. The first kappa shape index (κ1) is 25.9. The van der Waals surface area contributed by atoms with Gasteiger partial charge in [-0.1, -0.05) is 26.7 Å². The summed E-state index contributed by atoms with van der Waals surface area (Å²) in [5.41, 5.74) is 12.3. The summed E-state index contributed by atoms with van der Waals surface area (Å²) in [7, 11) is 0. The Hall–Kier alpha value is -2.35. The van der Waals surface area contributed by atoms with Crippen molar-refractivity contribution in [3.63, 3.8) is 0 Å². The van der Waals surface area contributed by atoms with E-state index in [0.29, 0.717) is 23.4 Å². The maximum absolute atomic E-state index is 12.8. The number of aromatic hydroxyl groups is 1. The molecule has 0 amide bonds. The van der Waals surface area contributed by atoms with E-state index in [4.69, 9.17) is 11.5 Å². The number of hydrogen-bond acceptors (Lipinski definition) is 5. The van der Waals surface area contributed by atoms with E-state index >= 15 is 0 Å². The zero-order valence-electron chi connectivity index (χ0n) is 19.3. The molecule has 6 N–H and O–H groups in total. The van der Waals surface area contributed by atoms with Gasteiger partial charge in [-0.05, 0) is 68.5 Å². The number of piperidine rings is 1. The third-order valence-electron chi connectivity index (χ3n) is 6.08. The normalized spacial score (nSPS) is 20.1. The highest BCUT2D eigenvalue weighted by atomic mass is 19.4. The average molecular weight is 455 g/mol. The van der Waals surface area contributed by atoms with E-state index in [9.17, 15) is 18.3 Å². The lowest BCUT2D eigenvalue weighted by atomic mass is 9.98. The Balaban J connectivity index is 2.05. The van der Waals surface area contributed by atoms with Crippen molar-refractivity contribution in [3.8, 4) is 5.75 Å². The van der Waals surface area contributed by atoms with Crippen LogP contribution in [0.2, 0.25) is 0 Å². The van der Waals surface area contributed by atoms with Crippen LogP contribution in [0.5, 0.6) is 5.75 Å². The predicted octanol–water partition coefficient (Wildman–Crippen LogP) is 4.78. The molecule has 0 bridgehead atoms. The molecular weight excluding hydrogens is 417 g/mol. The van der Waals surface area contributed by atoms with Gasteiger partial charge in [0.25, 0.3) is 0 Å². The topological polar surface area (TPSA) is 87.5 Å². The maximum atomic E-state index is 12.8. The summed E-state index contributed by atoms with van der Waals surface area (Å²) in [5, 5.41) is 13.4. The summed E-state index contributed by atoms with van der Waals surface area (Å²) in [6.07, 6.45) is 2.89. The number of alkyl halides is 3. The number of halogens is 3. The molecule has 2 unspecified atom stereocenters. The van der Waals surface area contributed by atoms with Gasteiger partial charge in [0.15, 0.2) is 0 Å². The first-order chi connectivity index (χ1) is 15.0. The van der Waals surface area contributed by atoms with Gasteiger partial charge in [-0.15, -0.1) is 0 Å². The minimum absolute atomic E-state index is 0.143. The Labute approximate surface area is 189 Å². The van der Waals surface area contributed by atoms with Crippen molar-refractivity contribution >= 4 is 5.70 Å². The van der Waals surface area contributed by atoms with Crippen molar-refractivity contribution < 1.29 is 18.3 Å². The number of nitrogens with two attached hydrogens (primary N) is 2. The first-order valence-corrected chi connectivity index (χ1v) is 11.4. The Morgan fingerprint density at radius 2 is 2.03 bits per heavy atom. The van der Waals surface area contributed by atoms with Crippen molar-refractivity contribution in [3.05, 3.63) is 46.8 Å². The number of nitrogens with one attached hydrogen (secondary N) is 1. The van der Waals surface area contributed by atoms with Gasteiger partial charge in [-0.2, -0.15) is 13.2 Å². The number of likely N-dealkylation sites (tertiary alicyclic amines) is 1.